The minimum atomic E-state index is -0.735. The number of esters is 1. The van der Waals surface area contributed by atoms with Crippen molar-refractivity contribution in [3.8, 4) is 5.82 Å². The summed E-state index contributed by atoms with van der Waals surface area (Å²) < 4.78 is 8.22. The van der Waals surface area contributed by atoms with Gasteiger partial charge in [0.05, 0.1) is 21.4 Å². The second-order valence-electron chi connectivity index (χ2n) is 6.58. The molecule has 4 aromatic rings. The monoisotopic (exact) mass is 443 g/mol. The van der Waals surface area contributed by atoms with Crippen LogP contribution in [0.5, 0.6) is 0 Å². The number of carbonyl (C=O) groups is 1. The van der Waals surface area contributed by atoms with Crippen molar-refractivity contribution in [1.29, 1.82) is 0 Å². The molecular formula is C20H15Cl2N5O3. The van der Waals surface area contributed by atoms with Gasteiger partial charge in [-0.3, -0.25) is 9.20 Å². The number of hydrogen-bond donors (Lipinski definition) is 0. The van der Waals surface area contributed by atoms with Crippen LogP contribution in [0.4, 0.5) is 0 Å². The molecule has 0 spiro atoms. The summed E-state index contributed by atoms with van der Waals surface area (Å²) in [7, 11) is 0. The van der Waals surface area contributed by atoms with Crippen LogP contribution in [0.2, 0.25) is 10.0 Å². The molecule has 152 valence electrons. The van der Waals surface area contributed by atoms with Gasteiger partial charge in [-0.05, 0) is 44.2 Å². The van der Waals surface area contributed by atoms with Crippen molar-refractivity contribution < 1.29 is 9.53 Å². The highest BCUT2D eigenvalue weighted by Gasteiger charge is 2.17. The smallest absolute Gasteiger partial charge is 0.358 e. The van der Waals surface area contributed by atoms with E-state index in [4.69, 9.17) is 27.9 Å². The summed E-state index contributed by atoms with van der Waals surface area (Å²) in [6.07, 6.45) is 1.47. The second-order valence-corrected chi connectivity index (χ2v) is 7.42. The van der Waals surface area contributed by atoms with E-state index in [0.29, 0.717) is 22.2 Å². The number of fused-ring (bicyclic) bond motifs is 1. The Bertz CT molecular complexity index is 1350. The molecule has 8 nitrogen and oxygen atoms in total. The lowest BCUT2D eigenvalue weighted by molar-refractivity contribution is 0.0461. The molecule has 4 rings (SSSR count). The van der Waals surface area contributed by atoms with E-state index in [1.807, 2.05) is 19.9 Å². The summed E-state index contributed by atoms with van der Waals surface area (Å²) in [6.45, 7) is 3.53. The van der Waals surface area contributed by atoms with Crippen LogP contribution in [0.3, 0.4) is 0 Å². The van der Waals surface area contributed by atoms with E-state index in [9.17, 15) is 9.59 Å². The molecule has 0 bridgehead atoms. The lowest BCUT2D eigenvalue weighted by Crippen LogP contribution is -2.17. The lowest BCUT2D eigenvalue weighted by atomic mass is 10.3. The average molecular weight is 444 g/mol. The number of nitrogens with zero attached hydrogens (tertiary/aromatic N) is 5. The van der Waals surface area contributed by atoms with Gasteiger partial charge in [-0.1, -0.05) is 23.2 Å². The van der Waals surface area contributed by atoms with Gasteiger partial charge in [0, 0.05) is 18.0 Å². The van der Waals surface area contributed by atoms with Crippen LogP contribution >= 0.6 is 23.2 Å². The zero-order chi connectivity index (χ0) is 21.4. The maximum Gasteiger partial charge on any atom is 0.358 e. The second kappa shape index (κ2) is 7.89. The third kappa shape index (κ3) is 3.92. The fourth-order valence-electron chi connectivity index (χ4n) is 2.96. The van der Waals surface area contributed by atoms with Crippen LogP contribution in [0.1, 0.15) is 27.6 Å². The zero-order valence-electron chi connectivity index (χ0n) is 16.0. The third-order valence-electron chi connectivity index (χ3n) is 4.28. The van der Waals surface area contributed by atoms with Crippen molar-refractivity contribution in [2.45, 2.75) is 20.5 Å². The molecule has 0 aliphatic carbocycles. The molecule has 0 N–H and O–H groups in total. The molecule has 0 unspecified atom stereocenters. The number of aromatic nitrogens is 5. The van der Waals surface area contributed by atoms with Crippen molar-refractivity contribution in [2.75, 3.05) is 0 Å². The van der Waals surface area contributed by atoms with E-state index in [2.05, 4.69) is 15.1 Å². The normalized spacial score (nSPS) is 11.1. The largest absolute Gasteiger partial charge is 0.454 e. The maximum absolute atomic E-state index is 12.6. The minimum Gasteiger partial charge on any atom is -0.454 e. The van der Waals surface area contributed by atoms with Crippen LogP contribution in [0.25, 0.3) is 11.5 Å². The molecule has 0 aromatic carbocycles. The highest BCUT2D eigenvalue weighted by atomic mass is 35.5. The minimum absolute atomic E-state index is 0.0500. The molecular weight excluding hydrogens is 429 g/mol. The van der Waals surface area contributed by atoms with E-state index in [1.165, 1.54) is 16.7 Å². The molecule has 0 aliphatic heterocycles. The Morgan fingerprint density at radius 2 is 1.90 bits per heavy atom. The van der Waals surface area contributed by atoms with Crippen molar-refractivity contribution in [2.24, 2.45) is 0 Å². The SMILES string of the molecule is Cc1cc(C)n(-c2ccc(Cl)c(C(=O)OCc3cc(=O)n4cc(Cl)ccc4n3)n2)n1. The molecule has 30 heavy (non-hydrogen) atoms. The Morgan fingerprint density at radius 3 is 2.63 bits per heavy atom. The number of carbonyl (C=O) groups excluding carboxylic acids is 1. The summed E-state index contributed by atoms with van der Waals surface area (Å²) in [5, 5.41) is 4.91. The number of aryl methyl sites for hydroxylation is 2. The molecule has 0 saturated heterocycles. The lowest BCUT2D eigenvalue weighted by Gasteiger charge is -2.09. The number of pyridine rings is 2. The predicted octanol–water partition coefficient (Wildman–Crippen LogP) is 3.56. The Labute approximate surface area is 180 Å². The van der Waals surface area contributed by atoms with Crippen LogP contribution in [-0.2, 0) is 11.3 Å². The Balaban J connectivity index is 1.58. The van der Waals surface area contributed by atoms with E-state index >= 15 is 0 Å². The Morgan fingerprint density at radius 1 is 1.10 bits per heavy atom. The topological polar surface area (TPSA) is 91.4 Å². The van der Waals surface area contributed by atoms with Crippen molar-refractivity contribution in [1.82, 2.24) is 24.1 Å². The molecule has 0 radical (unpaired) electrons. The number of rotatable bonds is 4. The highest BCUT2D eigenvalue weighted by Crippen LogP contribution is 2.19. The van der Waals surface area contributed by atoms with Crippen molar-refractivity contribution in [3.63, 3.8) is 0 Å². The Kier molecular flexibility index (Phi) is 5.27. The molecule has 0 aliphatic rings. The standard InChI is InChI=1S/C20H15Cl2N5O3/c1-11-7-12(2)27(25-11)17-6-4-15(22)19(24-17)20(29)30-10-14-8-18(28)26-9-13(21)3-5-16(26)23-14/h3-9H,10H2,1-2H3. The van der Waals surface area contributed by atoms with Gasteiger partial charge in [-0.2, -0.15) is 5.10 Å². The molecule has 0 fully saturated rings. The molecule has 10 heteroatoms. The third-order valence-corrected chi connectivity index (χ3v) is 4.81. The van der Waals surface area contributed by atoms with E-state index in [-0.39, 0.29) is 22.9 Å². The van der Waals surface area contributed by atoms with E-state index in [0.717, 1.165) is 11.4 Å². The summed E-state index contributed by atoms with van der Waals surface area (Å²) in [5.41, 5.74) is 1.98. The van der Waals surface area contributed by atoms with Gasteiger partial charge >= 0.3 is 5.97 Å². The van der Waals surface area contributed by atoms with E-state index in [1.54, 1.807) is 28.9 Å². The molecule has 0 atom stereocenters. The average Bonchev–Trinajstić information content (AvgIpc) is 3.05. The summed E-state index contributed by atoms with van der Waals surface area (Å²) >= 11 is 12.1. The van der Waals surface area contributed by atoms with Gasteiger partial charge in [-0.25, -0.2) is 19.4 Å². The fourth-order valence-corrected chi connectivity index (χ4v) is 3.30. The summed E-state index contributed by atoms with van der Waals surface area (Å²) in [5.74, 6) is -0.294. The molecule has 4 aromatic heterocycles. The predicted molar refractivity (Wildman–Crippen MR) is 111 cm³/mol. The van der Waals surface area contributed by atoms with Gasteiger partial charge in [-0.15, -0.1) is 0 Å². The summed E-state index contributed by atoms with van der Waals surface area (Å²) in [4.78, 5) is 33.4. The first-order valence-corrected chi connectivity index (χ1v) is 9.62. The molecule has 4 heterocycles. The van der Waals surface area contributed by atoms with Crippen LogP contribution in [-0.4, -0.2) is 30.1 Å². The Hall–Kier alpha value is -3.23. The van der Waals surface area contributed by atoms with Crippen LogP contribution in [0, 0.1) is 13.8 Å². The number of hydrogen-bond acceptors (Lipinski definition) is 6. The summed E-state index contributed by atoms with van der Waals surface area (Å²) in [6, 6.07) is 9.61. The van der Waals surface area contributed by atoms with Gasteiger partial charge in [0.15, 0.2) is 11.5 Å². The quantitative estimate of drug-likeness (QED) is 0.447. The number of ether oxygens (including phenoxy) is 1. The van der Waals surface area contributed by atoms with Crippen LogP contribution in [0.15, 0.2) is 47.4 Å². The van der Waals surface area contributed by atoms with Crippen molar-refractivity contribution >= 4 is 34.8 Å². The highest BCUT2D eigenvalue weighted by molar-refractivity contribution is 6.33. The first-order chi connectivity index (χ1) is 14.3. The van der Waals surface area contributed by atoms with Crippen molar-refractivity contribution in [3.05, 3.63) is 85.8 Å². The molecule has 0 amide bonds. The van der Waals surface area contributed by atoms with E-state index < -0.39 is 5.97 Å². The first kappa shape index (κ1) is 20.1. The van der Waals surface area contributed by atoms with Gasteiger partial charge in [0.2, 0.25) is 0 Å². The van der Waals surface area contributed by atoms with Gasteiger partial charge in [0.25, 0.3) is 5.56 Å². The van der Waals surface area contributed by atoms with Gasteiger partial charge < -0.3 is 4.74 Å². The van der Waals surface area contributed by atoms with Crippen LogP contribution < -0.4 is 5.56 Å². The van der Waals surface area contributed by atoms with Gasteiger partial charge in [0.1, 0.15) is 12.3 Å². The fraction of sp³-hybridized carbons (Fsp3) is 0.150. The molecule has 0 saturated carbocycles. The zero-order valence-corrected chi connectivity index (χ0v) is 17.5. The maximum atomic E-state index is 12.6. The number of halogens is 2. The first-order valence-electron chi connectivity index (χ1n) is 8.87.